The van der Waals surface area contributed by atoms with Gasteiger partial charge in [0.05, 0.1) is 5.69 Å². The fourth-order valence-electron chi connectivity index (χ4n) is 5.36. The van der Waals surface area contributed by atoms with Gasteiger partial charge in [0.2, 0.25) is 0 Å². The molecule has 196 valence electrons. The zero-order valence-electron chi connectivity index (χ0n) is 22.8. The van der Waals surface area contributed by atoms with Gasteiger partial charge in [0.15, 0.2) is 17.5 Å². The summed E-state index contributed by atoms with van der Waals surface area (Å²) in [6.45, 7) is 2.23. The number of benzene rings is 4. The van der Waals surface area contributed by atoms with Gasteiger partial charge in [0.1, 0.15) is 0 Å². The molecule has 0 bridgehead atoms. The Kier molecular flexibility index (Phi) is 6.50. The molecule has 2 aromatic heterocycles. The van der Waals surface area contributed by atoms with E-state index in [0.717, 1.165) is 51.1 Å². The highest BCUT2D eigenvalue weighted by molar-refractivity contribution is 5.81. The molecule has 0 amide bonds. The number of nitrogens with zero attached hydrogens (tertiary/aromatic N) is 4. The Labute approximate surface area is 240 Å². The van der Waals surface area contributed by atoms with Gasteiger partial charge in [-0.3, -0.25) is 4.98 Å². The molecule has 1 aliphatic carbocycles. The van der Waals surface area contributed by atoms with E-state index in [2.05, 4.69) is 67.6 Å². The highest BCUT2D eigenvalue weighted by Gasteiger charge is 2.17. The minimum absolute atomic E-state index is 0.424. The molecule has 1 unspecified atom stereocenters. The predicted octanol–water partition coefficient (Wildman–Crippen LogP) is 9.12. The Balaban J connectivity index is 1.43. The quantitative estimate of drug-likeness (QED) is 0.224. The minimum Gasteiger partial charge on any atom is -0.260 e. The number of aromatic nitrogens is 4. The average Bonchev–Trinajstić information content (AvgIpc) is 3.05. The van der Waals surface area contributed by atoms with Gasteiger partial charge in [0.25, 0.3) is 0 Å². The second-order valence-corrected chi connectivity index (χ2v) is 10.4. The van der Waals surface area contributed by atoms with Crippen molar-refractivity contribution in [3.63, 3.8) is 0 Å². The topological polar surface area (TPSA) is 51.6 Å². The summed E-state index contributed by atoms with van der Waals surface area (Å²) in [6, 6.07) is 39.4. The van der Waals surface area contributed by atoms with Gasteiger partial charge in [-0.05, 0) is 52.9 Å². The first-order valence-corrected chi connectivity index (χ1v) is 14.0. The third kappa shape index (κ3) is 5.08. The first-order chi connectivity index (χ1) is 20.2. The van der Waals surface area contributed by atoms with E-state index in [4.69, 9.17) is 19.9 Å². The summed E-state index contributed by atoms with van der Waals surface area (Å²) < 4.78 is 0. The first-order valence-electron chi connectivity index (χ1n) is 14.0. The summed E-state index contributed by atoms with van der Waals surface area (Å²) in [5, 5.41) is 0. The molecule has 0 fully saturated rings. The Morgan fingerprint density at radius 3 is 1.59 bits per heavy atom. The number of allylic oxidation sites excluding steroid dienone is 1. The SMILES string of the molecule is CC1CC=Cc2cc(-c3cc(-c4ccccc4)cc(-c4nc(-c5ccccc5)nc(-c5ccccc5)n4)c3)cnc21. The Morgan fingerprint density at radius 2 is 1.00 bits per heavy atom. The van der Waals surface area contributed by atoms with E-state index in [1.165, 1.54) is 5.56 Å². The molecule has 1 atom stereocenters. The molecular weight excluding hydrogens is 500 g/mol. The Hall–Kier alpha value is -5.22. The average molecular weight is 529 g/mol. The lowest BCUT2D eigenvalue weighted by atomic mass is 9.90. The molecule has 0 spiro atoms. The van der Waals surface area contributed by atoms with E-state index >= 15 is 0 Å². The van der Waals surface area contributed by atoms with Crippen molar-refractivity contribution in [3.8, 4) is 56.4 Å². The summed E-state index contributed by atoms with van der Waals surface area (Å²) in [5.74, 6) is 2.36. The summed E-state index contributed by atoms with van der Waals surface area (Å²) in [5.41, 5.74) is 9.56. The molecule has 1 aliphatic rings. The number of hydrogen-bond acceptors (Lipinski definition) is 4. The van der Waals surface area contributed by atoms with Gasteiger partial charge < -0.3 is 0 Å². The molecule has 41 heavy (non-hydrogen) atoms. The van der Waals surface area contributed by atoms with Gasteiger partial charge in [-0.25, -0.2) is 15.0 Å². The largest absolute Gasteiger partial charge is 0.260 e. The van der Waals surface area contributed by atoms with Crippen LogP contribution in [0.3, 0.4) is 0 Å². The molecule has 0 saturated heterocycles. The molecule has 2 heterocycles. The van der Waals surface area contributed by atoms with Crippen LogP contribution in [-0.4, -0.2) is 19.9 Å². The highest BCUT2D eigenvalue weighted by Crippen LogP contribution is 2.35. The number of fused-ring (bicyclic) bond motifs is 1. The zero-order valence-corrected chi connectivity index (χ0v) is 22.8. The lowest BCUT2D eigenvalue weighted by Gasteiger charge is -2.18. The number of pyridine rings is 1. The van der Waals surface area contributed by atoms with Crippen LogP contribution in [0.4, 0.5) is 0 Å². The molecule has 0 radical (unpaired) electrons. The van der Waals surface area contributed by atoms with Crippen molar-refractivity contribution < 1.29 is 0 Å². The highest BCUT2D eigenvalue weighted by atomic mass is 15.0. The van der Waals surface area contributed by atoms with E-state index in [0.29, 0.717) is 23.4 Å². The van der Waals surface area contributed by atoms with Crippen molar-refractivity contribution >= 4 is 6.08 Å². The van der Waals surface area contributed by atoms with Crippen molar-refractivity contribution in [2.75, 3.05) is 0 Å². The van der Waals surface area contributed by atoms with Gasteiger partial charge in [-0.15, -0.1) is 0 Å². The number of rotatable bonds is 5. The van der Waals surface area contributed by atoms with Crippen LogP contribution in [-0.2, 0) is 0 Å². The third-order valence-electron chi connectivity index (χ3n) is 7.53. The number of hydrogen-bond donors (Lipinski definition) is 0. The van der Waals surface area contributed by atoms with Crippen molar-refractivity contribution in [2.45, 2.75) is 19.3 Å². The molecule has 0 aliphatic heterocycles. The lowest BCUT2D eigenvalue weighted by Crippen LogP contribution is -2.03. The summed E-state index contributed by atoms with van der Waals surface area (Å²) in [4.78, 5) is 19.8. The smallest absolute Gasteiger partial charge is 0.164 e. The van der Waals surface area contributed by atoms with Gasteiger partial charge in [0, 0.05) is 34.4 Å². The molecular formula is C37H28N4. The van der Waals surface area contributed by atoms with Crippen LogP contribution in [0, 0.1) is 0 Å². The third-order valence-corrected chi connectivity index (χ3v) is 7.53. The van der Waals surface area contributed by atoms with Gasteiger partial charge >= 0.3 is 0 Å². The van der Waals surface area contributed by atoms with Crippen LogP contribution in [0.2, 0.25) is 0 Å². The normalized spacial score (nSPS) is 14.0. The minimum atomic E-state index is 0.424. The van der Waals surface area contributed by atoms with Crippen LogP contribution in [0.5, 0.6) is 0 Å². The van der Waals surface area contributed by atoms with E-state index in [9.17, 15) is 0 Å². The molecule has 0 saturated carbocycles. The van der Waals surface area contributed by atoms with E-state index in [1.807, 2.05) is 72.9 Å². The van der Waals surface area contributed by atoms with E-state index < -0.39 is 0 Å². The van der Waals surface area contributed by atoms with Crippen molar-refractivity contribution in [1.82, 2.24) is 19.9 Å². The molecule has 7 rings (SSSR count). The van der Waals surface area contributed by atoms with Crippen molar-refractivity contribution in [2.24, 2.45) is 0 Å². The first kappa shape index (κ1) is 24.8. The van der Waals surface area contributed by atoms with Crippen molar-refractivity contribution in [1.29, 1.82) is 0 Å². The molecule has 0 N–H and O–H groups in total. The lowest BCUT2D eigenvalue weighted by molar-refractivity contribution is 0.740. The van der Waals surface area contributed by atoms with Crippen LogP contribution in [0.25, 0.3) is 62.5 Å². The molecule has 4 aromatic carbocycles. The summed E-state index contributed by atoms with van der Waals surface area (Å²) >= 11 is 0. The zero-order chi connectivity index (χ0) is 27.6. The molecule has 6 aromatic rings. The monoisotopic (exact) mass is 528 g/mol. The predicted molar refractivity (Wildman–Crippen MR) is 167 cm³/mol. The maximum Gasteiger partial charge on any atom is 0.164 e. The molecule has 4 heteroatoms. The van der Waals surface area contributed by atoms with E-state index in [-0.39, 0.29) is 0 Å². The fourth-order valence-corrected chi connectivity index (χ4v) is 5.36. The second-order valence-electron chi connectivity index (χ2n) is 10.4. The maximum absolute atomic E-state index is 5.00. The van der Waals surface area contributed by atoms with Crippen LogP contribution < -0.4 is 0 Å². The maximum atomic E-state index is 5.00. The standard InChI is InChI=1S/C37H28N4/c1-25-12-11-19-29-20-33(24-38-34(25)29)31-21-30(26-13-5-2-6-14-26)22-32(23-31)37-40-35(27-15-7-3-8-16-27)39-36(41-37)28-17-9-4-10-18-28/h2-11,13-25H,12H2,1H3. The van der Waals surface area contributed by atoms with E-state index in [1.54, 1.807) is 0 Å². The Bertz CT molecular complexity index is 1810. The van der Waals surface area contributed by atoms with Crippen molar-refractivity contribution in [3.05, 3.63) is 139 Å². The summed E-state index contributed by atoms with van der Waals surface area (Å²) in [7, 11) is 0. The Morgan fingerprint density at radius 1 is 0.512 bits per heavy atom. The fraction of sp³-hybridized carbons (Fsp3) is 0.0811. The molecule has 4 nitrogen and oxygen atoms in total. The summed E-state index contributed by atoms with van der Waals surface area (Å²) in [6.07, 6.45) is 7.46. The van der Waals surface area contributed by atoms with Crippen LogP contribution >= 0.6 is 0 Å². The van der Waals surface area contributed by atoms with Gasteiger partial charge in [-0.1, -0.05) is 110 Å². The van der Waals surface area contributed by atoms with Gasteiger partial charge in [-0.2, -0.15) is 0 Å². The van der Waals surface area contributed by atoms with Crippen LogP contribution in [0.15, 0.2) is 128 Å². The second kappa shape index (κ2) is 10.7. The van der Waals surface area contributed by atoms with Crippen LogP contribution in [0.1, 0.15) is 30.5 Å².